The zero-order valence-electron chi connectivity index (χ0n) is 10.9. The minimum absolute atomic E-state index is 0.122. The maximum absolute atomic E-state index is 11.2. The van der Waals surface area contributed by atoms with Crippen LogP contribution in [0.15, 0.2) is 0 Å². The third kappa shape index (κ3) is 3.01. The Hall–Kier alpha value is -0.570. The SMILES string of the molecule is CN(C1CCCCCC1)C1CCCC1C(=O)O. The van der Waals surface area contributed by atoms with Crippen LogP contribution >= 0.6 is 0 Å². The molecule has 0 saturated heterocycles. The summed E-state index contributed by atoms with van der Waals surface area (Å²) < 4.78 is 0. The second-order valence-corrected chi connectivity index (χ2v) is 5.75. The second-order valence-electron chi connectivity index (χ2n) is 5.75. The molecule has 0 aromatic heterocycles. The van der Waals surface area contributed by atoms with Crippen molar-refractivity contribution in [2.75, 3.05) is 7.05 Å². The highest BCUT2D eigenvalue weighted by Crippen LogP contribution is 2.33. The molecule has 2 atom stereocenters. The normalized spacial score (nSPS) is 31.6. The fraction of sp³-hybridized carbons (Fsp3) is 0.929. The third-order valence-electron chi connectivity index (χ3n) is 4.72. The Balaban J connectivity index is 1.97. The predicted molar refractivity (Wildman–Crippen MR) is 68.0 cm³/mol. The first-order valence-electron chi connectivity index (χ1n) is 7.15. The van der Waals surface area contributed by atoms with Gasteiger partial charge in [0.1, 0.15) is 0 Å². The van der Waals surface area contributed by atoms with Gasteiger partial charge in [0.05, 0.1) is 5.92 Å². The highest BCUT2D eigenvalue weighted by atomic mass is 16.4. The van der Waals surface area contributed by atoms with Crippen molar-refractivity contribution < 1.29 is 9.90 Å². The third-order valence-corrected chi connectivity index (χ3v) is 4.72. The van der Waals surface area contributed by atoms with Crippen LogP contribution in [0.4, 0.5) is 0 Å². The van der Waals surface area contributed by atoms with Gasteiger partial charge in [-0.3, -0.25) is 9.69 Å². The van der Waals surface area contributed by atoms with Gasteiger partial charge in [-0.15, -0.1) is 0 Å². The molecule has 0 aromatic carbocycles. The minimum Gasteiger partial charge on any atom is -0.481 e. The van der Waals surface area contributed by atoms with E-state index in [1.165, 1.54) is 38.5 Å². The van der Waals surface area contributed by atoms with Crippen molar-refractivity contribution in [3.05, 3.63) is 0 Å². The summed E-state index contributed by atoms with van der Waals surface area (Å²) in [6.45, 7) is 0. The van der Waals surface area contributed by atoms with E-state index in [1.807, 2.05) is 0 Å². The monoisotopic (exact) mass is 239 g/mol. The van der Waals surface area contributed by atoms with Gasteiger partial charge < -0.3 is 5.11 Å². The molecule has 2 unspecified atom stereocenters. The lowest BCUT2D eigenvalue weighted by molar-refractivity contribution is -0.143. The Morgan fingerprint density at radius 3 is 2.24 bits per heavy atom. The maximum atomic E-state index is 11.2. The van der Waals surface area contributed by atoms with E-state index in [1.54, 1.807) is 0 Å². The van der Waals surface area contributed by atoms with Gasteiger partial charge in [0.2, 0.25) is 0 Å². The molecule has 2 saturated carbocycles. The number of carbonyl (C=O) groups is 1. The quantitative estimate of drug-likeness (QED) is 0.770. The van der Waals surface area contributed by atoms with Crippen molar-refractivity contribution in [1.29, 1.82) is 0 Å². The zero-order chi connectivity index (χ0) is 12.3. The largest absolute Gasteiger partial charge is 0.481 e. The van der Waals surface area contributed by atoms with Crippen LogP contribution in [0.5, 0.6) is 0 Å². The van der Waals surface area contributed by atoms with Crippen molar-refractivity contribution in [2.45, 2.75) is 69.9 Å². The summed E-state index contributed by atoms with van der Waals surface area (Å²) in [6.07, 6.45) is 10.9. The predicted octanol–water partition coefficient (Wildman–Crippen LogP) is 2.89. The molecule has 2 aliphatic carbocycles. The molecule has 2 aliphatic rings. The van der Waals surface area contributed by atoms with Crippen molar-refractivity contribution >= 4 is 5.97 Å². The Morgan fingerprint density at radius 2 is 1.65 bits per heavy atom. The lowest BCUT2D eigenvalue weighted by Crippen LogP contribution is -2.44. The van der Waals surface area contributed by atoms with E-state index < -0.39 is 5.97 Å². The fourth-order valence-electron chi connectivity index (χ4n) is 3.65. The van der Waals surface area contributed by atoms with Gasteiger partial charge in [0.25, 0.3) is 0 Å². The van der Waals surface area contributed by atoms with Gasteiger partial charge in [0.15, 0.2) is 0 Å². The van der Waals surface area contributed by atoms with E-state index in [0.717, 1.165) is 19.3 Å². The van der Waals surface area contributed by atoms with E-state index >= 15 is 0 Å². The van der Waals surface area contributed by atoms with Gasteiger partial charge in [-0.25, -0.2) is 0 Å². The van der Waals surface area contributed by atoms with Crippen molar-refractivity contribution in [2.24, 2.45) is 5.92 Å². The average molecular weight is 239 g/mol. The van der Waals surface area contributed by atoms with Crippen molar-refractivity contribution in [3.8, 4) is 0 Å². The summed E-state index contributed by atoms with van der Waals surface area (Å²) in [5.74, 6) is -0.712. The lowest BCUT2D eigenvalue weighted by atomic mass is 9.98. The van der Waals surface area contributed by atoms with E-state index in [-0.39, 0.29) is 12.0 Å². The summed E-state index contributed by atoms with van der Waals surface area (Å²) >= 11 is 0. The second kappa shape index (κ2) is 5.85. The highest BCUT2D eigenvalue weighted by Gasteiger charge is 2.37. The van der Waals surface area contributed by atoms with Crippen molar-refractivity contribution in [3.63, 3.8) is 0 Å². The summed E-state index contributed by atoms with van der Waals surface area (Å²) in [5, 5.41) is 9.26. The smallest absolute Gasteiger partial charge is 0.308 e. The van der Waals surface area contributed by atoms with E-state index in [4.69, 9.17) is 0 Å². The topological polar surface area (TPSA) is 40.5 Å². The number of hydrogen-bond donors (Lipinski definition) is 1. The van der Waals surface area contributed by atoms with Crippen LogP contribution in [0.1, 0.15) is 57.8 Å². The van der Waals surface area contributed by atoms with Crippen LogP contribution < -0.4 is 0 Å². The van der Waals surface area contributed by atoms with Crippen LogP contribution in [0.25, 0.3) is 0 Å². The van der Waals surface area contributed by atoms with Crippen LogP contribution in [0, 0.1) is 5.92 Å². The van der Waals surface area contributed by atoms with Gasteiger partial charge in [-0.2, -0.15) is 0 Å². The van der Waals surface area contributed by atoms with Crippen LogP contribution in [-0.2, 0) is 4.79 Å². The summed E-state index contributed by atoms with van der Waals surface area (Å²) in [7, 11) is 2.15. The molecule has 0 bridgehead atoms. The Kier molecular flexibility index (Phi) is 4.43. The Morgan fingerprint density at radius 1 is 1.00 bits per heavy atom. The number of aliphatic carboxylic acids is 1. The molecule has 3 heteroatoms. The molecule has 0 amide bonds. The highest BCUT2D eigenvalue weighted by molar-refractivity contribution is 5.71. The zero-order valence-corrected chi connectivity index (χ0v) is 10.9. The molecule has 17 heavy (non-hydrogen) atoms. The lowest BCUT2D eigenvalue weighted by Gasteiger charge is -2.34. The minimum atomic E-state index is -0.590. The molecule has 0 spiro atoms. The molecule has 2 rings (SSSR count). The van der Waals surface area contributed by atoms with Crippen LogP contribution in [0.3, 0.4) is 0 Å². The average Bonchev–Trinajstić information content (AvgIpc) is 2.64. The summed E-state index contributed by atoms with van der Waals surface area (Å²) in [6, 6.07) is 0.915. The van der Waals surface area contributed by atoms with Gasteiger partial charge in [0, 0.05) is 12.1 Å². The Labute approximate surface area is 104 Å². The maximum Gasteiger partial charge on any atom is 0.308 e. The summed E-state index contributed by atoms with van der Waals surface area (Å²) in [5.41, 5.74) is 0. The van der Waals surface area contributed by atoms with Gasteiger partial charge in [-0.1, -0.05) is 32.1 Å². The van der Waals surface area contributed by atoms with Crippen molar-refractivity contribution in [1.82, 2.24) is 4.90 Å². The van der Waals surface area contributed by atoms with Gasteiger partial charge >= 0.3 is 5.97 Å². The number of carboxylic acids is 1. The standard InChI is InChI=1S/C14H25NO2/c1-15(11-7-4-2-3-5-8-11)13-10-6-9-12(13)14(16)17/h11-13H,2-10H2,1H3,(H,16,17). The number of nitrogens with zero attached hydrogens (tertiary/aromatic N) is 1. The molecule has 3 nitrogen and oxygen atoms in total. The number of hydrogen-bond acceptors (Lipinski definition) is 2. The van der Waals surface area contributed by atoms with E-state index in [9.17, 15) is 9.90 Å². The Bertz CT molecular complexity index is 259. The molecule has 0 aromatic rings. The number of rotatable bonds is 3. The molecule has 0 aliphatic heterocycles. The van der Waals surface area contributed by atoms with Gasteiger partial charge in [-0.05, 0) is 32.7 Å². The molecule has 0 heterocycles. The molecule has 1 N–H and O–H groups in total. The first kappa shape index (κ1) is 12.9. The fourth-order valence-corrected chi connectivity index (χ4v) is 3.65. The van der Waals surface area contributed by atoms with E-state index in [0.29, 0.717) is 6.04 Å². The molecule has 98 valence electrons. The van der Waals surface area contributed by atoms with E-state index in [2.05, 4.69) is 11.9 Å². The van der Waals surface area contributed by atoms with Crippen LogP contribution in [0.2, 0.25) is 0 Å². The number of carboxylic acid groups (broad SMARTS) is 1. The summed E-state index contributed by atoms with van der Waals surface area (Å²) in [4.78, 5) is 13.6. The first-order valence-corrected chi connectivity index (χ1v) is 7.15. The first-order chi connectivity index (χ1) is 8.20. The molecular formula is C14H25NO2. The molecular weight excluding hydrogens is 214 g/mol. The molecule has 2 fully saturated rings. The van der Waals surface area contributed by atoms with Crippen LogP contribution in [-0.4, -0.2) is 35.1 Å². The molecule has 0 radical (unpaired) electrons.